The van der Waals surface area contributed by atoms with E-state index < -0.39 is 28.5 Å². The molecule has 0 heterocycles. The number of rotatable bonds is 10. The maximum Gasteiger partial charge on any atom is 0.244 e. The number of nitrogens with one attached hydrogen (secondary N) is 1. The molecule has 2 aromatic rings. The summed E-state index contributed by atoms with van der Waals surface area (Å²) in [5.41, 5.74) is 0.807. The molecule has 2 aromatic carbocycles. The van der Waals surface area contributed by atoms with Crippen molar-refractivity contribution in [3.05, 3.63) is 63.1 Å². The predicted molar refractivity (Wildman–Crippen MR) is 138 cm³/mol. The molecule has 7 nitrogen and oxygen atoms in total. The Balaban J connectivity index is 2.40. The zero-order chi connectivity index (χ0) is 25.6. The highest BCUT2D eigenvalue weighted by molar-refractivity contribution is 7.92. The van der Waals surface area contributed by atoms with Crippen LogP contribution in [0.2, 0.25) is 15.1 Å². The highest BCUT2D eigenvalue weighted by Gasteiger charge is 2.30. The number of halogens is 3. The van der Waals surface area contributed by atoms with Crippen LogP contribution in [-0.4, -0.2) is 50.5 Å². The fraction of sp³-hybridized carbons (Fsp3) is 0.391. The van der Waals surface area contributed by atoms with Crippen LogP contribution in [0.25, 0.3) is 0 Å². The van der Waals surface area contributed by atoms with E-state index in [0.717, 1.165) is 10.6 Å². The van der Waals surface area contributed by atoms with Gasteiger partial charge in [0.15, 0.2) is 0 Å². The normalized spacial score (nSPS) is 12.4. The largest absolute Gasteiger partial charge is 0.354 e. The van der Waals surface area contributed by atoms with E-state index in [2.05, 4.69) is 5.32 Å². The summed E-state index contributed by atoms with van der Waals surface area (Å²) in [7, 11) is -3.87. The fourth-order valence-corrected chi connectivity index (χ4v) is 4.43. The molecule has 0 radical (unpaired) electrons. The number of carbonyl (C=O) groups excluding carboxylic acids is 2. The van der Waals surface area contributed by atoms with Crippen LogP contribution in [0.5, 0.6) is 0 Å². The molecule has 0 unspecified atom stereocenters. The van der Waals surface area contributed by atoms with Crippen LogP contribution in [-0.2, 0) is 26.2 Å². The lowest BCUT2D eigenvalue weighted by atomic mass is 10.1. The fourth-order valence-electron chi connectivity index (χ4n) is 3.10. The second-order valence-electron chi connectivity index (χ2n) is 8.30. The molecule has 0 aliphatic heterocycles. The Morgan fingerprint density at radius 1 is 0.971 bits per heavy atom. The molecule has 0 aromatic heterocycles. The highest BCUT2D eigenvalue weighted by Crippen LogP contribution is 2.29. The first-order chi connectivity index (χ1) is 15.8. The SMILES string of the molecule is CC(C)CNC(=O)[C@H](C)N(Cc1ccccc1Cl)C(=O)CN(c1ccc(Cl)c(Cl)c1)S(C)(=O)=O. The second kappa shape index (κ2) is 12.1. The van der Waals surface area contributed by atoms with Crippen LogP contribution in [0.3, 0.4) is 0 Å². The monoisotopic (exact) mass is 547 g/mol. The number of sulfonamides is 1. The summed E-state index contributed by atoms with van der Waals surface area (Å²) in [6.45, 7) is 5.43. The number of hydrogen-bond acceptors (Lipinski definition) is 4. The van der Waals surface area contributed by atoms with Gasteiger partial charge in [0.2, 0.25) is 21.8 Å². The zero-order valence-corrected chi connectivity index (χ0v) is 22.5. The van der Waals surface area contributed by atoms with E-state index in [1.165, 1.54) is 23.1 Å². The van der Waals surface area contributed by atoms with Crippen molar-refractivity contribution in [3.63, 3.8) is 0 Å². The Labute approximate surface area is 216 Å². The van der Waals surface area contributed by atoms with Gasteiger partial charge in [0.1, 0.15) is 12.6 Å². The molecule has 1 atom stereocenters. The number of amides is 2. The van der Waals surface area contributed by atoms with E-state index >= 15 is 0 Å². The molecule has 11 heteroatoms. The van der Waals surface area contributed by atoms with Gasteiger partial charge in [-0.15, -0.1) is 0 Å². The maximum absolute atomic E-state index is 13.5. The molecule has 0 bridgehead atoms. The van der Waals surface area contributed by atoms with Crippen LogP contribution in [0.15, 0.2) is 42.5 Å². The number of hydrogen-bond donors (Lipinski definition) is 1. The first kappa shape index (κ1) is 28.2. The van der Waals surface area contributed by atoms with Crippen molar-refractivity contribution in [2.75, 3.05) is 23.7 Å². The summed E-state index contributed by atoms with van der Waals surface area (Å²) in [5, 5.41) is 3.65. The molecule has 2 rings (SSSR count). The number of anilines is 1. The maximum atomic E-state index is 13.5. The summed E-state index contributed by atoms with van der Waals surface area (Å²) in [5.74, 6) is -0.711. The molecule has 1 N–H and O–H groups in total. The molecule has 186 valence electrons. The second-order valence-corrected chi connectivity index (χ2v) is 11.4. The minimum absolute atomic E-state index is 0.0216. The Bertz CT molecular complexity index is 1140. The van der Waals surface area contributed by atoms with Gasteiger partial charge in [0.05, 0.1) is 22.0 Å². The van der Waals surface area contributed by atoms with Crippen LogP contribution >= 0.6 is 34.8 Å². The molecule has 0 spiro atoms. The summed E-state index contributed by atoms with van der Waals surface area (Å²) in [6.07, 6.45) is 0.986. The Hall–Kier alpha value is -2.00. The molecule has 0 saturated heterocycles. The van der Waals surface area contributed by atoms with Gasteiger partial charge in [-0.25, -0.2) is 8.42 Å². The topological polar surface area (TPSA) is 86.8 Å². The van der Waals surface area contributed by atoms with E-state index in [4.69, 9.17) is 34.8 Å². The van der Waals surface area contributed by atoms with E-state index in [-0.39, 0.29) is 34.1 Å². The molecular weight excluding hydrogens is 521 g/mol. The molecule has 2 amide bonds. The Morgan fingerprint density at radius 2 is 1.62 bits per heavy atom. The van der Waals surface area contributed by atoms with Crippen LogP contribution in [0.4, 0.5) is 5.69 Å². The first-order valence-corrected chi connectivity index (χ1v) is 13.5. The van der Waals surface area contributed by atoms with Gasteiger partial charge in [-0.1, -0.05) is 66.8 Å². The van der Waals surface area contributed by atoms with Gasteiger partial charge < -0.3 is 10.2 Å². The molecule has 34 heavy (non-hydrogen) atoms. The number of nitrogens with zero attached hydrogens (tertiary/aromatic N) is 2. The highest BCUT2D eigenvalue weighted by atomic mass is 35.5. The third-order valence-corrected chi connectivity index (χ3v) is 7.27. The van der Waals surface area contributed by atoms with E-state index in [0.29, 0.717) is 17.1 Å². The lowest BCUT2D eigenvalue weighted by Gasteiger charge is -2.32. The van der Waals surface area contributed by atoms with Gasteiger partial charge >= 0.3 is 0 Å². The average molecular weight is 549 g/mol. The van der Waals surface area contributed by atoms with Crippen LogP contribution in [0, 0.1) is 5.92 Å². The first-order valence-electron chi connectivity index (χ1n) is 10.5. The summed E-state index contributed by atoms with van der Waals surface area (Å²) >= 11 is 18.3. The minimum Gasteiger partial charge on any atom is -0.354 e. The van der Waals surface area contributed by atoms with Crippen LogP contribution < -0.4 is 9.62 Å². The molecule has 0 aliphatic rings. The zero-order valence-electron chi connectivity index (χ0n) is 19.4. The standard InChI is InChI=1S/C23H28Cl3N3O4S/c1-15(2)12-27-23(31)16(3)28(13-17-7-5-6-8-19(17)24)22(30)14-29(34(4,32)33)18-9-10-20(25)21(26)11-18/h5-11,15-16H,12-14H2,1-4H3,(H,27,31)/t16-/m0/s1. The molecule has 0 fully saturated rings. The van der Waals surface area contributed by atoms with Crippen molar-refractivity contribution >= 4 is 62.3 Å². The van der Waals surface area contributed by atoms with Gasteiger partial charge in [-0.2, -0.15) is 0 Å². The average Bonchev–Trinajstić information content (AvgIpc) is 2.75. The molecule has 0 aliphatic carbocycles. The lowest BCUT2D eigenvalue weighted by molar-refractivity contribution is -0.139. The smallest absolute Gasteiger partial charge is 0.244 e. The van der Waals surface area contributed by atoms with E-state index in [1.54, 1.807) is 31.2 Å². The van der Waals surface area contributed by atoms with E-state index in [9.17, 15) is 18.0 Å². The van der Waals surface area contributed by atoms with Crippen LogP contribution in [0.1, 0.15) is 26.3 Å². The van der Waals surface area contributed by atoms with Gasteiger partial charge in [0, 0.05) is 18.1 Å². The Kier molecular flexibility index (Phi) is 10.1. The van der Waals surface area contributed by atoms with Gasteiger partial charge in [0.25, 0.3) is 0 Å². The van der Waals surface area contributed by atoms with Gasteiger partial charge in [-0.3, -0.25) is 13.9 Å². The van der Waals surface area contributed by atoms with Crippen molar-refractivity contribution in [2.24, 2.45) is 5.92 Å². The third-order valence-electron chi connectivity index (χ3n) is 5.02. The van der Waals surface area contributed by atoms with Crippen molar-refractivity contribution in [1.82, 2.24) is 10.2 Å². The van der Waals surface area contributed by atoms with E-state index in [1.807, 2.05) is 13.8 Å². The molecule has 0 saturated carbocycles. The van der Waals surface area contributed by atoms with Crippen molar-refractivity contribution in [1.29, 1.82) is 0 Å². The molecular formula is C23H28Cl3N3O4S. The number of carbonyl (C=O) groups is 2. The lowest BCUT2D eigenvalue weighted by Crippen LogP contribution is -2.51. The van der Waals surface area contributed by atoms with Gasteiger partial charge in [-0.05, 0) is 42.7 Å². The predicted octanol–water partition coefficient (Wildman–Crippen LogP) is 4.60. The van der Waals surface area contributed by atoms with Crippen molar-refractivity contribution < 1.29 is 18.0 Å². The Morgan fingerprint density at radius 3 is 2.18 bits per heavy atom. The van der Waals surface area contributed by atoms with Crippen molar-refractivity contribution in [3.8, 4) is 0 Å². The summed E-state index contributed by atoms with van der Waals surface area (Å²) < 4.78 is 26.0. The summed E-state index contributed by atoms with van der Waals surface area (Å²) in [6, 6.07) is 10.4. The third kappa shape index (κ3) is 7.77. The number of benzene rings is 2. The minimum atomic E-state index is -3.87. The quantitative estimate of drug-likeness (QED) is 0.470. The van der Waals surface area contributed by atoms with Crippen molar-refractivity contribution in [2.45, 2.75) is 33.4 Å². The summed E-state index contributed by atoms with van der Waals surface area (Å²) in [4.78, 5) is 27.6.